The molecule has 0 saturated carbocycles. The number of aryl methyl sites for hydroxylation is 1. The van der Waals surface area contributed by atoms with Crippen molar-refractivity contribution in [3.63, 3.8) is 0 Å². The highest BCUT2D eigenvalue weighted by molar-refractivity contribution is 6.09. The Hall–Kier alpha value is -4.60. The van der Waals surface area contributed by atoms with Crippen molar-refractivity contribution in [3.05, 3.63) is 100 Å². The fourth-order valence-corrected chi connectivity index (χ4v) is 4.03. The third-order valence-electron chi connectivity index (χ3n) is 6.09. The molecule has 6 nitrogen and oxygen atoms in total. The summed E-state index contributed by atoms with van der Waals surface area (Å²) in [6.07, 6.45) is -5.42. The van der Waals surface area contributed by atoms with Gasteiger partial charge in [-0.2, -0.15) is 13.2 Å². The van der Waals surface area contributed by atoms with E-state index in [2.05, 4.69) is 10.3 Å². The molecule has 10 heteroatoms. The molecule has 208 valence electrons. The zero-order valence-electron chi connectivity index (χ0n) is 21.7. The zero-order chi connectivity index (χ0) is 28.9. The van der Waals surface area contributed by atoms with Crippen molar-refractivity contribution in [2.45, 2.75) is 25.9 Å². The van der Waals surface area contributed by atoms with Crippen LogP contribution in [0.4, 0.5) is 23.2 Å². The number of nitrogens with one attached hydrogen (secondary N) is 2. The van der Waals surface area contributed by atoms with Crippen molar-refractivity contribution < 1.29 is 31.8 Å². The Morgan fingerprint density at radius 3 is 2.10 bits per heavy atom. The summed E-state index contributed by atoms with van der Waals surface area (Å²) in [5.74, 6) is -0.746. The molecular weight excluding hydrogens is 528 g/mol. The number of alkyl halides is 3. The minimum Gasteiger partial charge on any atom is -0.497 e. The Bertz CT molecular complexity index is 1530. The SMILES string of the molecule is COc1ccc(NC(=O)c2c(-c3ccc(C)cc3)c(F)c(-c3ccc(OCCCC(F)(F)F)cc3)[nH]c2=O)cc1. The average molecular weight is 555 g/mol. The standard InChI is InChI=1S/C30H26F4N2O4/c1-18-4-6-19(7-5-18)24-25(28(37)35-21-10-14-22(39-2)15-11-21)29(38)36-27(26(24)31)20-8-12-23(13-9-20)40-17-3-16-30(32,33)34/h4-15H,3,16-17H2,1-2H3,(H,35,37)(H,36,38). The summed E-state index contributed by atoms with van der Waals surface area (Å²) in [6.45, 7) is 1.72. The average Bonchev–Trinajstić information content (AvgIpc) is 2.93. The zero-order valence-corrected chi connectivity index (χ0v) is 21.7. The first-order valence-corrected chi connectivity index (χ1v) is 12.3. The maximum atomic E-state index is 16.1. The van der Waals surface area contributed by atoms with Gasteiger partial charge in [-0.1, -0.05) is 29.8 Å². The fraction of sp³-hybridized carbons (Fsp3) is 0.200. The van der Waals surface area contributed by atoms with Gasteiger partial charge < -0.3 is 19.8 Å². The summed E-state index contributed by atoms with van der Waals surface area (Å²) in [7, 11) is 1.50. The molecule has 0 aliphatic rings. The Balaban J connectivity index is 1.68. The minimum absolute atomic E-state index is 0.139. The van der Waals surface area contributed by atoms with Gasteiger partial charge in [0.1, 0.15) is 17.1 Å². The van der Waals surface area contributed by atoms with Crippen molar-refractivity contribution in [2.24, 2.45) is 0 Å². The van der Waals surface area contributed by atoms with Crippen molar-refractivity contribution in [1.29, 1.82) is 0 Å². The lowest BCUT2D eigenvalue weighted by Gasteiger charge is -2.15. The Labute approximate surface area is 227 Å². The normalized spacial score (nSPS) is 11.2. The smallest absolute Gasteiger partial charge is 0.389 e. The van der Waals surface area contributed by atoms with Crippen LogP contribution in [0, 0.1) is 12.7 Å². The van der Waals surface area contributed by atoms with Crippen molar-refractivity contribution in [2.75, 3.05) is 19.0 Å². The number of aromatic amines is 1. The first kappa shape index (κ1) is 28.4. The van der Waals surface area contributed by atoms with Gasteiger partial charge >= 0.3 is 6.18 Å². The number of amides is 1. The lowest BCUT2D eigenvalue weighted by atomic mass is 9.96. The maximum Gasteiger partial charge on any atom is 0.389 e. The molecule has 1 heterocycles. The lowest BCUT2D eigenvalue weighted by Crippen LogP contribution is -2.26. The topological polar surface area (TPSA) is 80.4 Å². The predicted molar refractivity (Wildman–Crippen MR) is 144 cm³/mol. The van der Waals surface area contributed by atoms with Crippen molar-refractivity contribution >= 4 is 11.6 Å². The number of methoxy groups -OCH3 is 1. The third-order valence-corrected chi connectivity index (χ3v) is 6.09. The largest absolute Gasteiger partial charge is 0.497 e. The Morgan fingerprint density at radius 2 is 1.50 bits per heavy atom. The summed E-state index contributed by atoms with van der Waals surface area (Å²) in [6, 6.07) is 19.1. The number of aromatic nitrogens is 1. The molecule has 0 aliphatic carbocycles. The second kappa shape index (κ2) is 12.1. The number of rotatable bonds is 9. The van der Waals surface area contributed by atoms with Gasteiger partial charge in [-0.05, 0) is 67.4 Å². The van der Waals surface area contributed by atoms with E-state index < -0.39 is 35.4 Å². The summed E-state index contributed by atoms with van der Waals surface area (Å²) in [5, 5.41) is 2.63. The molecule has 1 aromatic heterocycles. The van der Waals surface area contributed by atoms with E-state index in [0.29, 0.717) is 22.7 Å². The summed E-state index contributed by atoms with van der Waals surface area (Å²) >= 11 is 0. The van der Waals surface area contributed by atoms with Gasteiger partial charge in [-0.15, -0.1) is 0 Å². The monoisotopic (exact) mass is 554 g/mol. The highest BCUT2D eigenvalue weighted by atomic mass is 19.4. The van der Waals surface area contributed by atoms with Crippen molar-refractivity contribution in [1.82, 2.24) is 4.98 Å². The quantitative estimate of drug-likeness (QED) is 0.170. The summed E-state index contributed by atoms with van der Waals surface area (Å²) in [4.78, 5) is 29.0. The van der Waals surface area contributed by atoms with Crippen LogP contribution in [0.5, 0.6) is 11.5 Å². The van der Waals surface area contributed by atoms with E-state index >= 15 is 4.39 Å². The first-order valence-electron chi connectivity index (χ1n) is 12.3. The van der Waals surface area contributed by atoms with Gasteiger partial charge in [-0.3, -0.25) is 9.59 Å². The number of hydrogen-bond acceptors (Lipinski definition) is 4. The Morgan fingerprint density at radius 1 is 0.900 bits per heavy atom. The number of ether oxygens (including phenoxy) is 2. The van der Waals surface area contributed by atoms with Crippen LogP contribution in [0.25, 0.3) is 22.4 Å². The van der Waals surface area contributed by atoms with E-state index in [1.165, 1.54) is 31.4 Å². The molecule has 0 spiro atoms. The summed E-state index contributed by atoms with van der Waals surface area (Å²) in [5.41, 5.74) is 0.394. The van der Waals surface area contributed by atoms with Crippen LogP contribution in [-0.2, 0) is 0 Å². The number of benzene rings is 3. The van der Waals surface area contributed by atoms with Crippen LogP contribution >= 0.6 is 0 Å². The van der Waals surface area contributed by atoms with E-state index in [4.69, 9.17) is 9.47 Å². The molecule has 0 saturated heterocycles. The number of hydrogen-bond donors (Lipinski definition) is 2. The molecule has 1 amide bonds. The number of halogens is 4. The molecule has 0 unspecified atom stereocenters. The van der Waals surface area contributed by atoms with Crippen LogP contribution in [0.2, 0.25) is 0 Å². The van der Waals surface area contributed by atoms with Gasteiger partial charge in [0.05, 0.1) is 19.4 Å². The van der Waals surface area contributed by atoms with Gasteiger partial charge in [0.25, 0.3) is 11.5 Å². The molecule has 0 aliphatic heterocycles. The molecule has 4 aromatic rings. The molecule has 4 rings (SSSR count). The van der Waals surface area contributed by atoms with E-state index in [-0.39, 0.29) is 29.8 Å². The van der Waals surface area contributed by atoms with E-state index in [1.54, 1.807) is 48.5 Å². The van der Waals surface area contributed by atoms with Gasteiger partial charge in [0.15, 0.2) is 5.82 Å². The molecule has 0 radical (unpaired) electrons. The van der Waals surface area contributed by atoms with Gasteiger partial charge in [0, 0.05) is 23.2 Å². The van der Waals surface area contributed by atoms with Gasteiger partial charge in [-0.25, -0.2) is 4.39 Å². The molecule has 0 fully saturated rings. The minimum atomic E-state index is -4.26. The number of pyridine rings is 1. The molecular formula is C30H26F4N2O4. The number of carbonyl (C=O) groups is 1. The van der Waals surface area contributed by atoms with Crippen LogP contribution in [0.1, 0.15) is 28.8 Å². The number of H-pyrrole nitrogens is 1. The van der Waals surface area contributed by atoms with Gasteiger partial charge in [0.2, 0.25) is 0 Å². The van der Waals surface area contributed by atoms with Crippen LogP contribution < -0.4 is 20.3 Å². The molecule has 3 aromatic carbocycles. The van der Waals surface area contributed by atoms with Crippen LogP contribution in [0.3, 0.4) is 0 Å². The number of carbonyl (C=O) groups excluding carboxylic acids is 1. The second-order valence-corrected chi connectivity index (χ2v) is 9.03. The van der Waals surface area contributed by atoms with Crippen LogP contribution in [-0.4, -0.2) is 30.8 Å². The molecule has 2 N–H and O–H groups in total. The van der Waals surface area contributed by atoms with E-state index in [9.17, 15) is 22.8 Å². The lowest BCUT2D eigenvalue weighted by molar-refractivity contribution is -0.136. The third kappa shape index (κ3) is 6.88. The predicted octanol–water partition coefficient (Wildman–Crippen LogP) is 7.14. The van der Waals surface area contributed by atoms with E-state index in [1.807, 2.05) is 6.92 Å². The molecule has 40 heavy (non-hydrogen) atoms. The summed E-state index contributed by atoms with van der Waals surface area (Å²) < 4.78 is 63.6. The van der Waals surface area contributed by atoms with E-state index in [0.717, 1.165) is 5.56 Å². The van der Waals surface area contributed by atoms with Crippen LogP contribution in [0.15, 0.2) is 77.6 Å². The number of anilines is 1. The van der Waals surface area contributed by atoms with Crippen molar-refractivity contribution in [3.8, 4) is 33.9 Å². The highest BCUT2D eigenvalue weighted by Crippen LogP contribution is 2.32. The maximum absolute atomic E-state index is 16.1. The Kier molecular flexibility index (Phi) is 8.57. The first-order chi connectivity index (χ1) is 19.1. The highest BCUT2D eigenvalue weighted by Gasteiger charge is 2.27. The second-order valence-electron chi connectivity index (χ2n) is 9.03. The molecule has 0 bridgehead atoms. The fourth-order valence-electron chi connectivity index (χ4n) is 4.03. The molecule has 0 atom stereocenters.